The van der Waals surface area contributed by atoms with Crippen LogP contribution >= 0.6 is 12.4 Å². The summed E-state index contributed by atoms with van der Waals surface area (Å²) in [6, 6.07) is 35.2. The summed E-state index contributed by atoms with van der Waals surface area (Å²) < 4.78 is 51.2. The highest BCUT2D eigenvalue weighted by molar-refractivity contribution is 5.98. The summed E-state index contributed by atoms with van der Waals surface area (Å²) in [6.07, 6.45) is 19.4. The molecule has 0 amide bonds. The first-order chi connectivity index (χ1) is 50.1. The molecule has 3 aliphatic carbocycles. The Kier molecular flexibility index (Phi) is 24.5. The van der Waals surface area contributed by atoms with Crippen molar-refractivity contribution in [2.24, 2.45) is 17.8 Å². The minimum absolute atomic E-state index is 0. The van der Waals surface area contributed by atoms with Crippen LogP contribution in [0.3, 0.4) is 0 Å². The molecule has 12 aromatic rings. The second kappa shape index (κ2) is 33.7. The molecule has 107 heavy (non-hydrogen) atoms. The zero-order chi connectivity index (χ0) is 73.0. The Morgan fingerprint density at radius 3 is 1.23 bits per heavy atom. The number of carbonyl (C=O) groups excluding carboxylic acids is 2. The van der Waals surface area contributed by atoms with E-state index in [-0.39, 0.29) is 74.5 Å². The van der Waals surface area contributed by atoms with Crippen molar-refractivity contribution in [1.29, 1.82) is 0 Å². The summed E-state index contributed by atoms with van der Waals surface area (Å²) in [5.74, 6) is 0.251. The predicted molar refractivity (Wildman–Crippen MR) is 411 cm³/mol. The quantitative estimate of drug-likeness (QED) is 0.0294. The number of hydrogen-bond donors (Lipinski definition) is 5. The highest BCUT2D eigenvalue weighted by Gasteiger charge is 2.30. The molecule has 3 unspecified atom stereocenters. The first kappa shape index (κ1) is 78.0. The maximum atomic E-state index is 15.1. The van der Waals surface area contributed by atoms with E-state index in [4.69, 9.17) is 11.5 Å². The lowest BCUT2D eigenvalue weighted by Crippen LogP contribution is -2.32. The topological polar surface area (TPSA) is 312 Å². The van der Waals surface area contributed by atoms with E-state index in [1.54, 1.807) is 77.2 Å². The average molecular weight is 1480 g/mol. The van der Waals surface area contributed by atoms with Crippen LogP contribution in [0.1, 0.15) is 176 Å². The summed E-state index contributed by atoms with van der Waals surface area (Å²) in [7, 11) is 0. The summed E-state index contributed by atoms with van der Waals surface area (Å²) in [5.41, 5.74) is 15.8. The molecule has 0 radical (unpaired) electrons. The molecule has 5 aromatic carbocycles. The Bertz CT molecular complexity index is 5370. The van der Waals surface area contributed by atoms with E-state index < -0.39 is 63.3 Å². The lowest BCUT2D eigenvalue weighted by Gasteiger charge is -2.21. The molecule has 0 saturated heterocycles. The lowest BCUT2D eigenvalue weighted by atomic mass is 9.96. The molecule has 0 aliphatic heterocycles. The Hall–Kier alpha value is -11.6. The van der Waals surface area contributed by atoms with Crippen LogP contribution < -0.4 is 45.2 Å². The van der Waals surface area contributed by atoms with Crippen LogP contribution in [0.2, 0.25) is 0 Å². The third-order valence-corrected chi connectivity index (χ3v) is 19.7. The number of Topliss-reactive ketones (excluding diaryl/α,β-unsaturated/α-hetero) is 2. The van der Waals surface area contributed by atoms with Gasteiger partial charge in [0, 0.05) is 78.5 Å². The number of nitrogens with two attached hydrogens (primary N) is 2. The fraction of sp³-hybridized carbons (Fsp3) is 0.309. The normalized spacial score (nSPS) is 13.9. The molecule has 556 valence electrons. The van der Waals surface area contributed by atoms with Crippen molar-refractivity contribution in [3.63, 3.8) is 0 Å². The number of nitrogens with one attached hydrogen (secondary N) is 3. The van der Waals surface area contributed by atoms with Gasteiger partial charge in [-0.25, -0.2) is 41.9 Å². The number of aromatic amines is 3. The van der Waals surface area contributed by atoms with E-state index in [1.807, 2.05) is 62.4 Å². The fourth-order valence-corrected chi connectivity index (χ4v) is 13.5. The number of benzene rings is 5. The number of nitrogens with zero attached hydrogens (tertiary/aromatic N) is 9. The van der Waals surface area contributed by atoms with Gasteiger partial charge in [-0.2, -0.15) is 10.2 Å². The van der Waals surface area contributed by atoms with Crippen molar-refractivity contribution in [3.8, 4) is 11.4 Å². The fourth-order valence-electron chi connectivity index (χ4n) is 13.5. The second-order valence-corrected chi connectivity index (χ2v) is 27.4. The van der Waals surface area contributed by atoms with E-state index in [2.05, 4.69) is 35.1 Å². The smallest absolute Gasteiger partial charge is 0.328 e. The molecule has 7 heterocycles. The Morgan fingerprint density at radius 2 is 0.841 bits per heavy atom. The van der Waals surface area contributed by atoms with E-state index in [1.165, 1.54) is 81.5 Å². The monoisotopic (exact) mass is 1470 g/mol. The Morgan fingerprint density at radius 1 is 0.467 bits per heavy atom. The summed E-state index contributed by atoms with van der Waals surface area (Å²) >= 11 is 0. The van der Waals surface area contributed by atoms with Crippen LogP contribution in [0.15, 0.2) is 193 Å². The minimum atomic E-state index is -0.522. The first-order valence-electron chi connectivity index (χ1n) is 34.8. The van der Waals surface area contributed by atoms with Gasteiger partial charge in [-0.05, 0) is 188 Å². The van der Waals surface area contributed by atoms with E-state index in [0.29, 0.717) is 76.0 Å². The molecule has 3 aliphatic rings. The van der Waals surface area contributed by atoms with Crippen LogP contribution in [0.5, 0.6) is 0 Å². The lowest BCUT2D eigenvalue weighted by molar-refractivity contribution is 0.0976. The van der Waals surface area contributed by atoms with Crippen molar-refractivity contribution < 1.29 is 22.8 Å². The SMILES string of the molecule is C.C.Cc1cc(C(=O)Cc2cc(C(CCC3CC3)n3ccc(=O)[nH]c3=O)ccc2F)n(-c2ccc3ccnc(C)c3c2)n1.Cc1cc(C(=O)Cc2cc(C(CCC3CC3)n3ccc(=O)[nH]c3=O)ccc2F)n(-c2ccc3ccnc(N)c3c2)n1.Cl.Nc1cc(C(CCC2CC2)n2ccc(=O)[nH]c2=O)ccc1F. The molecular formula is C81H86ClF3N14O8. The van der Waals surface area contributed by atoms with Crippen LogP contribution in [0, 0.1) is 56.0 Å². The van der Waals surface area contributed by atoms with Gasteiger partial charge in [0.25, 0.3) is 16.7 Å². The van der Waals surface area contributed by atoms with Gasteiger partial charge in [0.05, 0.1) is 46.6 Å². The Labute approximate surface area is 619 Å². The average Bonchev–Trinajstić information content (AvgIpc) is 1.78. The molecule has 0 bridgehead atoms. The molecular weight excluding hydrogens is 1390 g/mol. The van der Waals surface area contributed by atoms with Gasteiger partial charge in [-0.3, -0.25) is 57.6 Å². The van der Waals surface area contributed by atoms with Gasteiger partial charge in [-0.15, -0.1) is 12.4 Å². The van der Waals surface area contributed by atoms with Crippen LogP contribution in [0.4, 0.5) is 24.7 Å². The first-order valence-corrected chi connectivity index (χ1v) is 34.8. The van der Waals surface area contributed by atoms with Crippen molar-refractivity contribution in [1.82, 2.24) is 58.2 Å². The van der Waals surface area contributed by atoms with Crippen molar-refractivity contribution in [3.05, 3.63) is 301 Å². The number of nitrogen functional groups attached to an aromatic ring is 2. The van der Waals surface area contributed by atoms with Crippen molar-refractivity contribution in [2.75, 3.05) is 11.5 Å². The standard InChI is InChI=1S/C32H30FN5O3.C31H29FN6O3.C16H18FN3O2.2CH4.ClH/c1-19-15-29(38(36-19)25-8-6-22-11-13-34-20(2)26(22)18-25)30(39)17-24-16-23(7-9-27(24)33)28(10-5-21-3-4-21)37-14-12-31(40)35-32(37)41;1-18-14-27(38(36-18)23-7-5-20-10-12-34-30(33)24(20)17-23)28(39)16-22-15-21(6-8-25(22)32)26(9-4-19-2-3-19)37-13-11-29(40)35-31(37)41;17-12-5-4-11(9-13(12)18)14(6-3-10-1-2-10)20-8-7-15(21)19-16(20)22;;;/h6-9,11-16,18,21,28H,3-5,10,17H2,1-2H3,(H,35,40,41);5-8,10-15,17,19,26H,2-4,9,16H2,1H3,(H2,33,34)(H,35,40,41);4-5,7-10,14H,1-3,6,18H2,(H,19,21,22);2*1H4;1H. The van der Waals surface area contributed by atoms with E-state index in [9.17, 15) is 42.7 Å². The number of H-pyrrole nitrogens is 3. The number of ketones is 2. The number of fused-ring (bicyclic) bond motifs is 2. The van der Waals surface area contributed by atoms with Crippen LogP contribution in [0.25, 0.3) is 32.9 Å². The predicted octanol–water partition coefficient (Wildman–Crippen LogP) is 13.5. The number of carbonyl (C=O) groups is 2. The van der Waals surface area contributed by atoms with Gasteiger partial charge in [-0.1, -0.05) is 95.8 Å². The molecule has 7 N–H and O–H groups in total. The summed E-state index contributed by atoms with van der Waals surface area (Å²) in [6.45, 7) is 5.54. The van der Waals surface area contributed by atoms with Crippen LogP contribution in [-0.4, -0.2) is 69.7 Å². The highest BCUT2D eigenvalue weighted by atomic mass is 35.5. The molecule has 15 rings (SSSR count). The van der Waals surface area contributed by atoms with E-state index in [0.717, 1.165) is 89.9 Å². The third-order valence-electron chi connectivity index (χ3n) is 19.7. The largest absolute Gasteiger partial charge is 0.396 e. The molecule has 3 atom stereocenters. The number of hydrogen-bond acceptors (Lipinski definition) is 14. The van der Waals surface area contributed by atoms with Gasteiger partial charge >= 0.3 is 17.1 Å². The highest BCUT2D eigenvalue weighted by Crippen LogP contribution is 2.40. The van der Waals surface area contributed by atoms with Gasteiger partial charge in [0.1, 0.15) is 34.7 Å². The molecule has 26 heteroatoms. The summed E-state index contributed by atoms with van der Waals surface area (Å²) in [4.78, 5) is 115. The maximum Gasteiger partial charge on any atom is 0.328 e. The second-order valence-electron chi connectivity index (χ2n) is 27.4. The molecule has 7 aromatic heterocycles. The van der Waals surface area contributed by atoms with Crippen molar-refractivity contribution >= 4 is 57.0 Å². The molecule has 3 saturated carbocycles. The maximum absolute atomic E-state index is 15.1. The third kappa shape index (κ3) is 18.6. The van der Waals surface area contributed by atoms with Crippen molar-refractivity contribution in [2.45, 2.75) is 144 Å². The number of aromatic nitrogens is 12. The number of halogens is 4. The Balaban J connectivity index is 0.000000177. The van der Waals surface area contributed by atoms with E-state index >= 15 is 8.78 Å². The van der Waals surface area contributed by atoms with Gasteiger partial charge in [0.15, 0.2) is 11.6 Å². The molecule has 0 spiro atoms. The number of anilines is 2. The zero-order valence-corrected chi connectivity index (χ0v) is 58.8. The number of rotatable bonds is 23. The molecule has 22 nitrogen and oxygen atoms in total. The van der Waals surface area contributed by atoms with Crippen LogP contribution in [-0.2, 0) is 12.8 Å². The number of aryl methyl sites for hydroxylation is 3. The zero-order valence-electron chi connectivity index (χ0n) is 57.9. The number of pyridine rings is 2. The van der Waals surface area contributed by atoms with Gasteiger partial charge in [0.2, 0.25) is 0 Å². The molecule has 3 fully saturated rings. The summed E-state index contributed by atoms with van der Waals surface area (Å²) in [5, 5.41) is 12.7. The minimum Gasteiger partial charge on any atom is -0.396 e. The van der Waals surface area contributed by atoms with Gasteiger partial charge < -0.3 is 11.5 Å².